The molecule has 8 nitrogen and oxygen atoms in total. The highest BCUT2D eigenvalue weighted by Crippen LogP contribution is 2.28. The molecule has 164 valence electrons. The number of carbonyl (C=O) groups is 1. The summed E-state index contributed by atoms with van der Waals surface area (Å²) in [6, 6.07) is 5.62. The van der Waals surface area contributed by atoms with Crippen molar-refractivity contribution < 1.29 is 13.9 Å². The second kappa shape index (κ2) is 10.6. The Hall–Kier alpha value is -2.61. The van der Waals surface area contributed by atoms with Gasteiger partial charge in [0.05, 0.1) is 49.6 Å². The van der Waals surface area contributed by atoms with Gasteiger partial charge >= 0.3 is 0 Å². The predicted octanol–water partition coefficient (Wildman–Crippen LogP) is 3.35. The third kappa shape index (κ3) is 5.36. The third-order valence-electron chi connectivity index (χ3n) is 4.87. The number of nitriles is 1. The molecule has 0 spiro atoms. The van der Waals surface area contributed by atoms with E-state index in [-0.39, 0.29) is 23.6 Å². The van der Waals surface area contributed by atoms with Gasteiger partial charge in [-0.15, -0.1) is 11.3 Å². The number of thiophene rings is 1. The van der Waals surface area contributed by atoms with E-state index in [1.165, 1.54) is 23.1 Å². The van der Waals surface area contributed by atoms with Crippen LogP contribution in [-0.2, 0) is 22.6 Å². The van der Waals surface area contributed by atoms with Gasteiger partial charge in [-0.3, -0.25) is 14.2 Å². The van der Waals surface area contributed by atoms with Gasteiger partial charge in [0, 0.05) is 18.5 Å². The first kappa shape index (κ1) is 23.1. The van der Waals surface area contributed by atoms with Crippen molar-refractivity contribution in [2.24, 2.45) is 0 Å². The zero-order valence-electron chi connectivity index (χ0n) is 17.7. The molecule has 31 heavy (non-hydrogen) atoms. The van der Waals surface area contributed by atoms with Crippen LogP contribution < -0.4 is 5.56 Å². The van der Waals surface area contributed by atoms with Crippen molar-refractivity contribution in [1.29, 1.82) is 5.26 Å². The number of rotatable bonds is 10. The van der Waals surface area contributed by atoms with Gasteiger partial charge in [-0.1, -0.05) is 11.8 Å². The molecule has 0 fully saturated rings. The molecule has 0 N–H and O–H groups in total. The third-order valence-corrected chi connectivity index (χ3v) is 6.93. The summed E-state index contributed by atoms with van der Waals surface area (Å²) < 4.78 is 12.1. The highest BCUT2D eigenvalue weighted by molar-refractivity contribution is 7.99. The summed E-state index contributed by atoms with van der Waals surface area (Å²) in [7, 11) is 1.58. The van der Waals surface area contributed by atoms with Gasteiger partial charge in [0.15, 0.2) is 5.16 Å². The summed E-state index contributed by atoms with van der Waals surface area (Å²) in [6.45, 7) is 5.22. The average Bonchev–Trinajstić information content (AvgIpc) is 3.36. The molecule has 3 heterocycles. The Bertz CT molecular complexity index is 1150. The van der Waals surface area contributed by atoms with E-state index in [1.54, 1.807) is 35.0 Å². The molecule has 3 aromatic rings. The number of aromatic nitrogens is 2. The minimum Gasteiger partial charge on any atom is -0.467 e. The minimum absolute atomic E-state index is 0.0976. The van der Waals surface area contributed by atoms with Crippen LogP contribution in [0.3, 0.4) is 0 Å². The van der Waals surface area contributed by atoms with Crippen LogP contribution in [0.25, 0.3) is 10.2 Å². The topological polar surface area (TPSA) is 101 Å². The highest BCUT2D eigenvalue weighted by atomic mass is 32.2. The molecule has 3 rings (SSSR count). The van der Waals surface area contributed by atoms with Crippen LogP contribution in [0, 0.1) is 25.2 Å². The molecule has 1 amide bonds. The molecule has 0 atom stereocenters. The van der Waals surface area contributed by atoms with Gasteiger partial charge in [0.1, 0.15) is 10.6 Å². The van der Waals surface area contributed by atoms with Crippen molar-refractivity contribution in [2.75, 3.05) is 26.0 Å². The summed E-state index contributed by atoms with van der Waals surface area (Å²) >= 11 is 2.70. The van der Waals surface area contributed by atoms with Crippen LogP contribution in [0.15, 0.2) is 32.8 Å². The fourth-order valence-electron chi connectivity index (χ4n) is 3.08. The number of carbonyl (C=O) groups excluding carboxylic acids is 1. The molecule has 0 aliphatic heterocycles. The second-order valence-corrected chi connectivity index (χ2v) is 9.04. The lowest BCUT2D eigenvalue weighted by Crippen LogP contribution is -2.33. The summed E-state index contributed by atoms with van der Waals surface area (Å²) in [5, 5.41) is 10.0. The van der Waals surface area contributed by atoms with Crippen LogP contribution in [0.4, 0.5) is 0 Å². The molecule has 10 heteroatoms. The van der Waals surface area contributed by atoms with E-state index in [0.29, 0.717) is 47.4 Å². The van der Waals surface area contributed by atoms with Crippen molar-refractivity contribution in [1.82, 2.24) is 14.5 Å². The van der Waals surface area contributed by atoms with Crippen molar-refractivity contribution >= 4 is 39.2 Å². The first-order valence-electron chi connectivity index (χ1n) is 9.75. The first-order chi connectivity index (χ1) is 15.0. The number of aryl methyl sites for hydroxylation is 2. The maximum Gasteiger partial charge on any atom is 0.263 e. The maximum absolute atomic E-state index is 13.1. The summed E-state index contributed by atoms with van der Waals surface area (Å²) in [5.74, 6) is 0.598. The average molecular weight is 461 g/mol. The Morgan fingerprint density at radius 3 is 2.94 bits per heavy atom. The van der Waals surface area contributed by atoms with Gasteiger partial charge in [0.25, 0.3) is 5.56 Å². The Kier molecular flexibility index (Phi) is 7.90. The number of fused-ring (bicyclic) bond motifs is 1. The highest BCUT2D eigenvalue weighted by Gasteiger charge is 2.20. The van der Waals surface area contributed by atoms with Gasteiger partial charge in [-0.25, -0.2) is 4.98 Å². The second-order valence-electron chi connectivity index (χ2n) is 6.90. The molecule has 0 radical (unpaired) electrons. The Balaban J connectivity index is 1.84. The predicted molar refractivity (Wildman–Crippen MR) is 120 cm³/mol. The van der Waals surface area contributed by atoms with Crippen molar-refractivity contribution in [3.8, 4) is 6.07 Å². The molecule has 0 aliphatic carbocycles. The fraction of sp³-hybridized carbons (Fsp3) is 0.429. The van der Waals surface area contributed by atoms with Crippen LogP contribution in [0.2, 0.25) is 0 Å². The van der Waals surface area contributed by atoms with E-state index >= 15 is 0 Å². The van der Waals surface area contributed by atoms with Crippen molar-refractivity contribution in [2.45, 2.75) is 38.5 Å². The smallest absolute Gasteiger partial charge is 0.263 e. The van der Waals surface area contributed by atoms with Gasteiger partial charge in [0.2, 0.25) is 5.91 Å². The number of amides is 1. The van der Waals surface area contributed by atoms with E-state index in [1.807, 2.05) is 13.8 Å². The van der Waals surface area contributed by atoms with Gasteiger partial charge in [-0.2, -0.15) is 5.26 Å². The molecule has 3 aromatic heterocycles. The Morgan fingerprint density at radius 2 is 2.26 bits per heavy atom. The van der Waals surface area contributed by atoms with E-state index in [2.05, 4.69) is 11.1 Å². The number of ether oxygens (including phenoxy) is 1. The number of nitrogens with zero attached hydrogens (tertiary/aromatic N) is 4. The Morgan fingerprint density at radius 1 is 1.45 bits per heavy atom. The number of hydrogen-bond donors (Lipinski definition) is 0. The minimum atomic E-state index is -0.150. The zero-order valence-corrected chi connectivity index (χ0v) is 19.3. The summed E-state index contributed by atoms with van der Waals surface area (Å²) in [5.41, 5.74) is 0.827. The SMILES string of the molecule is COCCn1c(SCC(=O)N(CCC#N)Cc2ccco2)nc2sc(C)c(C)c2c1=O. The van der Waals surface area contributed by atoms with E-state index in [4.69, 9.17) is 14.4 Å². The molecule has 0 aliphatic rings. The normalized spacial score (nSPS) is 11.0. The fourth-order valence-corrected chi connectivity index (χ4v) is 5.08. The molecular formula is C21H24N4O4S2. The number of thioether (sulfide) groups is 1. The first-order valence-corrected chi connectivity index (χ1v) is 11.6. The Labute approximate surface area is 188 Å². The molecule has 0 aromatic carbocycles. The molecule has 0 unspecified atom stereocenters. The molecular weight excluding hydrogens is 436 g/mol. The quantitative estimate of drug-likeness (QED) is 0.338. The summed E-state index contributed by atoms with van der Waals surface area (Å²) in [4.78, 5) is 34.0. The number of hydrogen-bond acceptors (Lipinski definition) is 8. The van der Waals surface area contributed by atoms with E-state index < -0.39 is 0 Å². The van der Waals surface area contributed by atoms with E-state index in [9.17, 15) is 9.59 Å². The lowest BCUT2D eigenvalue weighted by Gasteiger charge is -2.20. The van der Waals surface area contributed by atoms with Crippen molar-refractivity contribution in [3.05, 3.63) is 45.0 Å². The van der Waals surface area contributed by atoms with Gasteiger partial charge in [-0.05, 0) is 31.5 Å². The van der Waals surface area contributed by atoms with Gasteiger partial charge < -0.3 is 14.1 Å². The van der Waals surface area contributed by atoms with Crippen molar-refractivity contribution in [3.63, 3.8) is 0 Å². The molecule has 0 saturated carbocycles. The lowest BCUT2D eigenvalue weighted by molar-refractivity contribution is -0.129. The van der Waals surface area contributed by atoms with Crippen LogP contribution in [0.5, 0.6) is 0 Å². The molecule has 0 bridgehead atoms. The van der Waals surface area contributed by atoms with E-state index in [0.717, 1.165) is 10.4 Å². The van der Waals surface area contributed by atoms with Crippen LogP contribution in [0.1, 0.15) is 22.6 Å². The zero-order chi connectivity index (χ0) is 22.4. The standard InChI is InChI=1S/C21H24N4O4S2/c1-14-15(2)31-19-18(14)20(27)25(9-11-28-3)21(23-19)30-13-17(26)24(8-5-7-22)12-16-6-4-10-29-16/h4,6,10H,5,8-9,11-13H2,1-3H3. The van der Waals surface area contributed by atoms with Crippen LogP contribution in [-0.4, -0.2) is 46.4 Å². The van der Waals surface area contributed by atoms with Crippen LogP contribution >= 0.6 is 23.1 Å². The summed E-state index contributed by atoms with van der Waals surface area (Å²) in [6.07, 6.45) is 1.78. The largest absolute Gasteiger partial charge is 0.467 e. The maximum atomic E-state index is 13.1. The monoisotopic (exact) mass is 460 g/mol. The lowest BCUT2D eigenvalue weighted by atomic mass is 10.2. The molecule has 0 saturated heterocycles. The number of methoxy groups -OCH3 is 1. The number of furan rings is 1.